The molecule has 2 aromatic heterocycles. The fraction of sp³-hybridized carbons (Fsp3) is 0.167. The highest BCUT2D eigenvalue weighted by Crippen LogP contribution is 2.33. The number of pyridine rings is 1. The van der Waals surface area contributed by atoms with Gasteiger partial charge < -0.3 is 4.74 Å². The number of hydrogen-bond acceptors (Lipinski definition) is 4. The van der Waals surface area contributed by atoms with Crippen LogP contribution < -0.4 is 4.74 Å². The van der Waals surface area contributed by atoms with Gasteiger partial charge in [0.15, 0.2) is 0 Å². The Morgan fingerprint density at radius 1 is 1.25 bits per heavy atom. The summed E-state index contributed by atoms with van der Waals surface area (Å²) in [6.07, 6.45) is 3.55. The average molecular weight is 339 g/mol. The average Bonchev–Trinajstić information content (AvgIpc) is 2.99. The molecule has 0 aliphatic rings. The third-order valence-corrected chi connectivity index (χ3v) is 3.82. The van der Waals surface area contributed by atoms with Gasteiger partial charge in [0, 0.05) is 29.1 Å². The molecule has 0 amide bonds. The lowest BCUT2D eigenvalue weighted by Gasteiger charge is -2.07. The van der Waals surface area contributed by atoms with E-state index < -0.39 is 0 Å². The highest BCUT2D eigenvalue weighted by molar-refractivity contribution is 6.29. The summed E-state index contributed by atoms with van der Waals surface area (Å²) in [5.41, 5.74) is 4.55. The first-order chi connectivity index (χ1) is 11.6. The van der Waals surface area contributed by atoms with Gasteiger partial charge in [-0.2, -0.15) is 10.4 Å². The summed E-state index contributed by atoms with van der Waals surface area (Å²) >= 11 is 5.88. The summed E-state index contributed by atoms with van der Waals surface area (Å²) in [4.78, 5) is 4.14. The van der Waals surface area contributed by atoms with Crippen LogP contribution in [0, 0.1) is 18.3 Å². The van der Waals surface area contributed by atoms with Gasteiger partial charge in [0.05, 0.1) is 13.2 Å². The first-order valence-corrected chi connectivity index (χ1v) is 7.71. The second-order valence-electron chi connectivity index (χ2n) is 5.36. The third kappa shape index (κ3) is 3.24. The molecule has 5 nitrogen and oxygen atoms in total. The highest BCUT2D eigenvalue weighted by Gasteiger charge is 2.15. The van der Waals surface area contributed by atoms with Crippen LogP contribution in [0.2, 0.25) is 5.15 Å². The van der Waals surface area contributed by atoms with E-state index in [4.69, 9.17) is 21.6 Å². The van der Waals surface area contributed by atoms with Crippen LogP contribution in [0.5, 0.6) is 5.75 Å². The van der Waals surface area contributed by atoms with Crippen LogP contribution >= 0.6 is 11.6 Å². The summed E-state index contributed by atoms with van der Waals surface area (Å²) in [5, 5.41) is 14.0. The highest BCUT2D eigenvalue weighted by atomic mass is 35.5. The first-order valence-electron chi connectivity index (χ1n) is 7.33. The standard InChI is InChI=1S/C18H15ClN4O/c1-12-7-14(9-15(8-12)24-2)18-16(11-23(22-18)6-5-20)13-3-4-17(19)21-10-13/h3-4,7-11H,6H2,1-2H3. The maximum Gasteiger partial charge on any atom is 0.129 e. The Morgan fingerprint density at radius 2 is 2.08 bits per heavy atom. The smallest absolute Gasteiger partial charge is 0.129 e. The summed E-state index contributed by atoms with van der Waals surface area (Å²) in [7, 11) is 1.64. The van der Waals surface area contributed by atoms with E-state index in [0.29, 0.717) is 5.15 Å². The lowest BCUT2D eigenvalue weighted by molar-refractivity contribution is 0.414. The molecular formula is C18H15ClN4O. The zero-order valence-electron chi connectivity index (χ0n) is 13.3. The summed E-state index contributed by atoms with van der Waals surface area (Å²) in [6.45, 7) is 2.18. The van der Waals surface area contributed by atoms with E-state index in [0.717, 1.165) is 33.7 Å². The fourth-order valence-corrected chi connectivity index (χ4v) is 2.65. The summed E-state index contributed by atoms with van der Waals surface area (Å²) in [6, 6.07) is 11.7. The predicted molar refractivity (Wildman–Crippen MR) is 92.8 cm³/mol. The number of rotatable bonds is 4. The molecular weight excluding hydrogens is 324 g/mol. The number of nitrogens with zero attached hydrogens (tertiary/aromatic N) is 4. The number of methoxy groups -OCH3 is 1. The van der Waals surface area contributed by atoms with Crippen molar-refractivity contribution in [2.45, 2.75) is 13.5 Å². The van der Waals surface area contributed by atoms with Gasteiger partial charge in [-0.05, 0) is 42.8 Å². The SMILES string of the molecule is COc1cc(C)cc(-c2nn(CC#N)cc2-c2ccc(Cl)nc2)c1. The summed E-state index contributed by atoms with van der Waals surface area (Å²) in [5.74, 6) is 0.764. The molecule has 0 aliphatic carbocycles. The second-order valence-corrected chi connectivity index (χ2v) is 5.74. The Balaban J connectivity index is 2.18. The van der Waals surface area contributed by atoms with Crippen LogP contribution in [0.15, 0.2) is 42.7 Å². The van der Waals surface area contributed by atoms with Gasteiger partial charge >= 0.3 is 0 Å². The minimum Gasteiger partial charge on any atom is -0.497 e. The van der Waals surface area contributed by atoms with Gasteiger partial charge in [0.2, 0.25) is 0 Å². The number of hydrogen-bond donors (Lipinski definition) is 0. The molecule has 0 saturated carbocycles. The third-order valence-electron chi connectivity index (χ3n) is 3.59. The van der Waals surface area contributed by atoms with Crippen molar-refractivity contribution in [1.29, 1.82) is 5.26 Å². The Kier molecular flexibility index (Phi) is 4.50. The fourth-order valence-electron chi connectivity index (χ4n) is 2.54. The minimum atomic E-state index is 0.178. The van der Waals surface area contributed by atoms with Crippen LogP contribution in [0.4, 0.5) is 0 Å². The number of benzene rings is 1. The van der Waals surface area contributed by atoms with Crippen molar-refractivity contribution < 1.29 is 4.74 Å². The Bertz CT molecular complexity index is 910. The normalized spacial score (nSPS) is 10.4. The maximum absolute atomic E-state index is 8.96. The molecule has 0 bridgehead atoms. The number of aromatic nitrogens is 3. The quantitative estimate of drug-likeness (QED) is 0.672. The van der Waals surface area contributed by atoms with Crippen LogP contribution in [0.25, 0.3) is 22.4 Å². The van der Waals surface area contributed by atoms with Crippen molar-refractivity contribution in [3.8, 4) is 34.2 Å². The van der Waals surface area contributed by atoms with E-state index >= 15 is 0 Å². The Labute approximate surface area is 145 Å². The molecule has 1 aromatic carbocycles. The van der Waals surface area contributed by atoms with Crippen molar-refractivity contribution >= 4 is 11.6 Å². The summed E-state index contributed by atoms with van der Waals surface area (Å²) < 4.78 is 6.98. The maximum atomic E-state index is 8.96. The van der Waals surface area contributed by atoms with Crippen molar-refractivity contribution in [2.24, 2.45) is 0 Å². The van der Waals surface area contributed by atoms with Crippen molar-refractivity contribution in [3.63, 3.8) is 0 Å². The lowest BCUT2D eigenvalue weighted by atomic mass is 10.0. The van der Waals surface area contributed by atoms with E-state index in [2.05, 4.69) is 16.2 Å². The van der Waals surface area contributed by atoms with Gasteiger partial charge in [-0.3, -0.25) is 4.68 Å². The van der Waals surface area contributed by atoms with Gasteiger partial charge in [0.1, 0.15) is 23.1 Å². The van der Waals surface area contributed by atoms with Crippen LogP contribution in [-0.4, -0.2) is 21.9 Å². The number of halogens is 1. The zero-order chi connectivity index (χ0) is 17.1. The molecule has 120 valence electrons. The Morgan fingerprint density at radius 3 is 2.75 bits per heavy atom. The number of ether oxygens (including phenoxy) is 1. The molecule has 0 spiro atoms. The molecule has 3 rings (SSSR count). The van der Waals surface area contributed by atoms with E-state index in [1.165, 1.54) is 0 Å². The molecule has 0 fully saturated rings. The molecule has 0 aliphatic heterocycles. The van der Waals surface area contributed by atoms with Crippen molar-refractivity contribution in [2.75, 3.05) is 7.11 Å². The van der Waals surface area contributed by atoms with Crippen molar-refractivity contribution in [1.82, 2.24) is 14.8 Å². The minimum absolute atomic E-state index is 0.178. The number of aryl methyl sites for hydroxylation is 1. The van der Waals surface area contributed by atoms with E-state index in [1.54, 1.807) is 24.1 Å². The molecule has 24 heavy (non-hydrogen) atoms. The molecule has 0 unspecified atom stereocenters. The van der Waals surface area contributed by atoms with Crippen LogP contribution in [0.3, 0.4) is 0 Å². The molecule has 6 heteroatoms. The topological polar surface area (TPSA) is 63.7 Å². The molecule has 0 N–H and O–H groups in total. The van der Waals surface area contributed by atoms with E-state index in [1.807, 2.05) is 37.4 Å². The van der Waals surface area contributed by atoms with Gasteiger partial charge in [-0.15, -0.1) is 0 Å². The van der Waals surface area contributed by atoms with Gasteiger partial charge in [0.25, 0.3) is 0 Å². The molecule has 3 aromatic rings. The largest absolute Gasteiger partial charge is 0.497 e. The predicted octanol–water partition coefficient (Wildman–Crippen LogP) is 4.11. The molecule has 2 heterocycles. The lowest BCUT2D eigenvalue weighted by Crippen LogP contribution is -1.95. The molecule has 0 atom stereocenters. The van der Waals surface area contributed by atoms with E-state index in [-0.39, 0.29) is 6.54 Å². The molecule has 0 saturated heterocycles. The Hall–Kier alpha value is -2.84. The van der Waals surface area contributed by atoms with Gasteiger partial charge in [-0.25, -0.2) is 4.98 Å². The van der Waals surface area contributed by atoms with Gasteiger partial charge in [-0.1, -0.05) is 11.6 Å². The first kappa shape index (κ1) is 16.0. The van der Waals surface area contributed by atoms with Crippen molar-refractivity contribution in [3.05, 3.63) is 53.4 Å². The monoisotopic (exact) mass is 338 g/mol. The molecule has 0 radical (unpaired) electrons. The number of nitriles is 1. The zero-order valence-corrected chi connectivity index (χ0v) is 14.1. The van der Waals surface area contributed by atoms with E-state index in [9.17, 15) is 0 Å². The van der Waals surface area contributed by atoms with Crippen LogP contribution in [-0.2, 0) is 6.54 Å². The second kappa shape index (κ2) is 6.73. The van der Waals surface area contributed by atoms with Crippen LogP contribution in [0.1, 0.15) is 5.56 Å².